The summed E-state index contributed by atoms with van der Waals surface area (Å²) in [4.78, 5) is 11.2. The first kappa shape index (κ1) is 21.7. The van der Waals surface area contributed by atoms with E-state index in [4.69, 9.17) is 10.5 Å². The van der Waals surface area contributed by atoms with Gasteiger partial charge >= 0.3 is 5.97 Å². The van der Waals surface area contributed by atoms with E-state index in [1.54, 1.807) is 12.1 Å². The number of aliphatic carboxylic acids is 1. The third-order valence-corrected chi connectivity index (χ3v) is 6.58. The van der Waals surface area contributed by atoms with Crippen LogP contribution in [0.25, 0.3) is 0 Å². The maximum atomic E-state index is 11.2. The van der Waals surface area contributed by atoms with Gasteiger partial charge in [-0.25, -0.2) is 0 Å². The zero-order valence-electron chi connectivity index (χ0n) is 12.8. The molecule has 25 heavy (non-hydrogen) atoms. The number of carboxylic acid groups (broad SMARTS) is 1. The number of halogens is 4. The second kappa shape index (κ2) is 8.60. The van der Waals surface area contributed by atoms with Gasteiger partial charge in [0.25, 0.3) is 0 Å². The molecular formula is C16H13I4NO4. The minimum absolute atomic E-state index is 0.226. The van der Waals surface area contributed by atoms with Gasteiger partial charge < -0.3 is 20.7 Å². The van der Waals surface area contributed by atoms with Gasteiger partial charge in [0.2, 0.25) is 0 Å². The lowest BCUT2D eigenvalue weighted by molar-refractivity contribution is -0.142. The normalized spacial score (nSPS) is 13.4. The number of ether oxygens (including phenoxy) is 1. The van der Waals surface area contributed by atoms with Crippen LogP contribution in [-0.2, 0) is 11.2 Å². The quantitative estimate of drug-likeness (QED) is 0.374. The van der Waals surface area contributed by atoms with E-state index in [1.807, 2.05) is 12.1 Å². The Hall–Kier alpha value is 0.390. The monoisotopic (exact) mass is 791 g/mol. The van der Waals surface area contributed by atoms with Gasteiger partial charge in [-0.1, -0.05) is 0 Å². The van der Waals surface area contributed by atoms with Gasteiger partial charge in [0, 0.05) is 6.42 Å². The summed E-state index contributed by atoms with van der Waals surface area (Å²) >= 11 is 8.43. The first-order valence-electron chi connectivity index (χ1n) is 6.87. The van der Waals surface area contributed by atoms with Crippen LogP contribution in [0.1, 0.15) is 12.5 Å². The summed E-state index contributed by atoms with van der Waals surface area (Å²) in [6, 6.07) is 7.28. The first-order valence-corrected chi connectivity index (χ1v) is 11.2. The van der Waals surface area contributed by atoms with Crippen LogP contribution in [0.4, 0.5) is 0 Å². The van der Waals surface area contributed by atoms with E-state index < -0.39 is 11.5 Å². The molecular weight excluding hydrogens is 778 g/mol. The summed E-state index contributed by atoms with van der Waals surface area (Å²) in [5.41, 5.74) is 5.35. The highest BCUT2D eigenvalue weighted by molar-refractivity contribution is 14.1. The minimum atomic E-state index is -1.32. The Morgan fingerprint density at radius 3 is 2.00 bits per heavy atom. The second-order valence-electron chi connectivity index (χ2n) is 5.63. The lowest BCUT2D eigenvalue weighted by Gasteiger charge is -2.20. The predicted molar refractivity (Wildman–Crippen MR) is 129 cm³/mol. The standard InChI is InChI=1S/C16H13I4NO4/c1-16(21,15(23)24)6-7-2-11(19)14(12(20)3-7)25-8-4-9(17)13(22)10(18)5-8/h2-5,22H,6,21H2,1H3,(H,23,24). The lowest BCUT2D eigenvalue weighted by Crippen LogP contribution is -2.46. The van der Waals surface area contributed by atoms with Gasteiger partial charge in [-0.3, -0.25) is 4.79 Å². The molecule has 0 amide bonds. The number of hydrogen-bond donors (Lipinski definition) is 3. The fourth-order valence-corrected chi connectivity index (χ4v) is 5.86. The lowest BCUT2D eigenvalue weighted by atomic mass is 9.94. The van der Waals surface area contributed by atoms with Gasteiger partial charge in [-0.05, 0) is 127 Å². The molecule has 0 fully saturated rings. The summed E-state index contributed by atoms with van der Waals surface area (Å²) in [6.45, 7) is 1.50. The molecule has 2 rings (SSSR count). The van der Waals surface area contributed by atoms with Gasteiger partial charge in [-0.15, -0.1) is 0 Å². The highest BCUT2D eigenvalue weighted by atomic mass is 127. The fraction of sp³-hybridized carbons (Fsp3) is 0.188. The Bertz CT molecular complexity index is 793. The van der Waals surface area contributed by atoms with Crippen LogP contribution in [-0.4, -0.2) is 21.7 Å². The van der Waals surface area contributed by atoms with Crippen molar-refractivity contribution in [2.75, 3.05) is 0 Å². The highest BCUT2D eigenvalue weighted by Gasteiger charge is 2.28. The maximum Gasteiger partial charge on any atom is 0.323 e. The Morgan fingerprint density at radius 1 is 1.08 bits per heavy atom. The Morgan fingerprint density at radius 2 is 1.56 bits per heavy atom. The molecule has 0 saturated carbocycles. The van der Waals surface area contributed by atoms with E-state index in [-0.39, 0.29) is 12.2 Å². The molecule has 0 aliphatic heterocycles. The van der Waals surface area contributed by atoms with Crippen molar-refractivity contribution in [3.63, 3.8) is 0 Å². The summed E-state index contributed by atoms with van der Waals surface area (Å²) in [5.74, 6) is 0.524. The van der Waals surface area contributed by atoms with Crippen molar-refractivity contribution >= 4 is 96.3 Å². The molecule has 2 aromatic carbocycles. The molecule has 1 unspecified atom stereocenters. The van der Waals surface area contributed by atoms with Gasteiger partial charge in [-0.2, -0.15) is 0 Å². The number of rotatable bonds is 5. The third kappa shape index (κ3) is 5.44. The van der Waals surface area contributed by atoms with Crippen molar-refractivity contribution < 1.29 is 19.7 Å². The molecule has 0 heterocycles. The average molecular weight is 791 g/mol. The molecule has 2 aromatic rings. The largest absolute Gasteiger partial charge is 0.506 e. The molecule has 0 saturated heterocycles. The smallest absolute Gasteiger partial charge is 0.323 e. The number of carbonyl (C=O) groups is 1. The zero-order valence-corrected chi connectivity index (χ0v) is 21.4. The van der Waals surface area contributed by atoms with Crippen molar-refractivity contribution in [3.05, 3.63) is 44.1 Å². The van der Waals surface area contributed by atoms with Crippen molar-refractivity contribution in [1.82, 2.24) is 0 Å². The summed E-state index contributed by atoms with van der Waals surface area (Å²) in [6.07, 6.45) is 0.226. The molecule has 5 nitrogen and oxygen atoms in total. The topological polar surface area (TPSA) is 92.8 Å². The van der Waals surface area contributed by atoms with Crippen LogP contribution in [0.2, 0.25) is 0 Å². The van der Waals surface area contributed by atoms with E-state index in [0.29, 0.717) is 18.6 Å². The number of benzene rings is 2. The average Bonchev–Trinajstić information content (AvgIpc) is 2.47. The first-order chi connectivity index (χ1) is 11.5. The van der Waals surface area contributed by atoms with Crippen LogP contribution in [0.3, 0.4) is 0 Å². The number of aromatic hydroxyl groups is 1. The van der Waals surface area contributed by atoms with Crippen LogP contribution in [0.15, 0.2) is 24.3 Å². The molecule has 9 heteroatoms. The van der Waals surface area contributed by atoms with Crippen LogP contribution in [0.5, 0.6) is 17.2 Å². The van der Waals surface area contributed by atoms with Gasteiger partial charge in [0.1, 0.15) is 17.0 Å². The molecule has 0 spiro atoms. The number of phenols is 1. The van der Waals surface area contributed by atoms with E-state index in [2.05, 4.69) is 90.4 Å². The highest BCUT2D eigenvalue weighted by Crippen LogP contribution is 2.37. The molecule has 4 N–H and O–H groups in total. The number of phenolic OH excluding ortho intramolecular Hbond substituents is 1. The molecule has 0 aliphatic carbocycles. The Balaban J connectivity index is 2.33. The molecule has 0 radical (unpaired) electrons. The van der Waals surface area contributed by atoms with Crippen LogP contribution in [0, 0.1) is 14.3 Å². The van der Waals surface area contributed by atoms with Crippen molar-refractivity contribution in [2.45, 2.75) is 18.9 Å². The molecule has 134 valence electrons. The van der Waals surface area contributed by atoms with E-state index in [0.717, 1.165) is 12.7 Å². The SMILES string of the molecule is CC(N)(Cc1cc(I)c(Oc2cc(I)c(O)c(I)c2)c(I)c1)C(=O)O. The minimum Gasteiger partial charge on any atom is -0.506 e. The fourth-order valence-electron chi connectivity index (χ4n) is 2.03. The Kier molecular flexibility index (Phi) is 7.46. The van der Waals surface area contributed by atoms with Gasteiger partial charge in [0.15, 0.2) is 5.75 Å². The summed E-state index contributed by atoms with van der Waals surface area (Å²) in [5, 5.41) is 19.1. The zero-order chi connectivity index (χ0) is 18.9. The van der Waals surface area contributed by atoms with E-state index in [1.165, 1.54) is 6.92 Å². The van der Waals surface area contributed by atoms with Gasteiger partial charge in [0.05, 0.1) is 14.3 Å². The van der Waals surface area contributed by atoms with Crippen molar-refractivity contribution in [1.29, 1.82) is 0 Å². The number of nitrogens with two attached hydrogens (primary N) is 1. The van der Waals surface area contributed by atoms with Crippen molar-refractivity contribution in [2.24, 2.45) is 5.73 Å². The maximum absolute atomic E-state index is 11.2. The number of carboxylic acids is 1. The predicted octanol–water partition coefficient (Wildman–Crippen LogP) is 4.95. The van der Waals surface area contributed by atoms with E-state index in [9.17, 15) is 15.0 Å². The third-order valence-electron chi connectivity index (χ3n) is 3.33. The second-order valence-corrected chi connectivity index (χ2v) is 10.3. The van der Waals surface area contributed by atoms with Crippen LogP contribution < -0.4 is 10.5 Å². The van der Waals surface area contributed by atoms with Crippen molar-refractivity contribution in [3.8, 4) is 17.2 Å². The molecule has 0 bridgehead atoms. The number of hydrogen-bond acceptors (Lipinski definition) is 4. The van der Waals surface area contributed by atoms with Crippen LogP contribution >= 0.6 is 90.4 Å². The molecule has 0 aromatic heterocycles. The molecule has 0 aliphatic rings. The summed E-state index contributed by atoms with van der Waals surface area (Å²) in [7, 11) is 0. The van der Waals surface area contributed by atoms with E-state index >= 15 is 0 Å². The Labute approximate surface area is 199 Å². The summed E-state index contributed by atoms with van der Waals surface area (Å²) < 4.78 is 9.15. The molecule has 1 atom stereocenters.